The number of hydrogen-bond donors (Lipinski definition) is 1. The lowest BCUT2D eigenvalue weighted by atomic mass is 10.1. The van der Waals surface area contributed by atoms with Crippen molar-refractivity contribution in [1.82, 2.24) is 4.31 Å². The van der Waals surface area contributed by atoms with Gasteiger partial charge in [-0.15, -0.1) is 0 Å². The summed E-state index contributed by atoms with van der Waals surface area (Å²) in [7, 11) is 0.304. The molecule has 0 bridgehead atoms. The van der Waals surface area contributed by atoms with Gasteiger partial charge in [-0.2, -0.15) is 4.31 Å². The molecule has 1 aliphatic rings. The topological polar surface area (TPSA) is 64.1 Å². The summed E-state index contributed by atoms with van der Waals surface area (Å²) in [5.74, 6) is 0.213. The van der Waals surface area contributed by atoms with E-state index in [0.29, 0.717) is 31.1 Å². The largest absolute Gasteiger partial charge is 0.508 e. The van der Waals surface area contributed by atoms with Crippen LogP contribution >= 0.6 is 0 Å². The Hall–Kier alpha value is -2.77. The van der Waals surface area contributed by atoms with E-state index in [1.54, 1.807) is 28.6 Å². The lowest BCUT2D eigenvalue weighted by Crippen LogP contribution is -2.48. The second kappa shape index (κ2) is 7.57. The minimum absolute atomic E-state index is 0.213. The predicted molar refractivity (Wildman–Crippen MR) is 117 cm³/mol. The molecule has 0 unspecified atom stereocenters. The first-order valence-electron chi connectivity index (χ1n) is 9.61. The maximum atomic E-state index is 13.4. The zero-order valence-electron chi connectivity index (χ0n) is 16.6. The number of rotatable bonds is 4. The highest BCUT2D eigenvalue weighted by atomic mass is 32.2. The van der Waals surface area contributed by atoms with Gasteiger partial charge in [0.2, 0.25) is 10.0 Å². The summed E-state index contributed by atoms with van der Waals surface area (Å²) in [6.07, 6.45) is 0. The molecule has 1 fully saturated rings. The number of benzene rings is 3. The Morgan fingerprint density at radius 1 is 0.862 bits per heavy atom. The number of phenolic OH excluding ortho intramolecular Hbond substituents is 1. The number of hydrogen-bond acceptors (Lipinski definition) is 5. The van der Waals surface area contributed by atoms with Gasteiger partial charge in [-0.1, -0.05) is 30.3 Å². The van der Waals surface area contributed by atoms with E-state index in [0.717, 1.165) is 22.1 Å². The van der Waals surface area contributed by atoms with E-state index in [-0.39, 0.29) is 5.75 Å². The molecule has 1 aliphatic heterocycles. The standard InChI is InChI=1S/C22H25N3O3S/c1-23(2)21-10-4-9-20-19(21)8-5-11-22(20)29(27,28)25-14-12-24(13-15-25)17-6-3-7-18(26)16-17/h3-11,16,26H,12-15H2,1-2H3. The average Bonchev–Trinajstić information content (AvgIpc) is 2.73. The number of sulfonamides is 1. The fourth-order valence-electron chi connectivity index (χ4n) is 3.89. The average molecular weight is 412 g/mol. The monoisotopic (exact) mass is 411 g/mol. The lowest BCUT2D eigenvalue weighted by molar-refractivity contribution is 0.385. The third-order valence-corrected chi connectivity index (χ3v) is 7.35. The number of fused-ring (bicyclic) bond motifs is 1. The molecule has 3 aromatic carbocycles. The van der Waals surface area contributed by atoms with Crippen molar-refractivity contribution in [3.63, 3.8) is 0 Å². The van der Waals surface area contributed by atoms with E-state index >= 15 is 0 Å². The maximum Gasteiger partial charge on any atom is 0.243 e. The SMILES string of the molecule is CN(C)c1cccc2c(S(=O)(=O)N3CCN(c4cccc(O)c4)CC3)cccc12. The van der Waals surface area contributed by atoms with Crippen LogP contribution in [0, 0.1) is 0 Å². The molecule has 29 heavy (non-hydrogen) atoms. The molecule has 7 heteroatoms. The molecule has 152 valence electrons. The normalized spacial score (nSPS) is 15.6. The molecule has 0 spiro atoms. The van der Waals surface area contributed by atoms with E-state index in [2.05, 4.69) is 4.90 Å². The molecule has 0 radical (unpaired) electrons. The highest BCUT2D eigenvalue weighted by Crippen LogP contribution is 2.32. The Bertz CT molecular complexity index is 1140. The fourth-order valence-corrected chi connectivity index (χ4v) is 5.52. The van der Waals surface area contributed by atoms with E-state index in [1.807, 2.05) is 55.4 Å². The first kappa shape index (κ1) is 19.5. The molecular formula is C22H25N3O3S. The highest BCUT2D eigenvalue weighted by molar-refractivity contribution is 7.89. The van der Waals surface area contributed by atoms with E-state index in [9.17, 15) is 13.5 Å². The molecule has 1 saturated heterocycles. The molecule has 6 nitrogen and oxygen atoms in total. The summed E-state index contributed by atoms with van der Waals surface area (Å²) in [4.78, 5) is 4.44. The Labute approximate surface area is 171 Å². The smallest absolute Gasteiger partial charge is 0.243 e. The van der Waals surface area contributed by atoms with Gasteiger partial charge < -0.3 is 14.9 Å². The molecule has 4 rings (SSSR count). The van der Waals surface area contributed by atoms with E-state index < -0.39 is 10.0 Å². The third-order valence-electron chi connectivity index (χ3n) is 5.39. The Morgan fingerprint density at radius 2 is 1.52 bits per heavy atom. The van der Waals surface area contributed by atoms with Crippen molar-refractivity contribution in [2.24, 2.45) is 0 Å². The van der Waals surface area contributed by atoms with Crippen LogP contribution in [0.25, 0.3) is 10.8 Å². The summed E-state index contributed by atoms with van der Waals surface area (Å²) in [6.45, 7) is 1.97. The van der Waals surface area contributed by atoms with Gasteiger partial charge in [-0.3, -0.25) is 0 Å². The lowest BCUT2D eigenvalue weighted by Gasteiger charge is -2.35. The van der Waals surface area contributed by atoms with Gasteiger partial charge in [0.05, 0.1) is 4.90 Å². The summed E-state index contributed by atoms with van der Waals surface area (Å²) >= 11 is 0. The number of phenols is 1. The van der Waals surface area contributed by atoms with Gasteiger partial charge in [0, 0.05) is 68.5 Å². The van der Waals surface area contributed by atoms with Crippen molar-refractivity contribution < 1.29 is 13.5 Å². The van der Waals surface area contributed by atoms with Gasteiger partial charge in [-0.05, 0) is 24.3 Å². The molecule has 1 N–H and O–H groups in total. The van der Waals surface area contributed by atoms with E-state index in [1.165, 1.54) is 0 Å². The van der Waals surface area contributed by atoms with Crippen LogP contribution in [0.5, 0.6) is 5.75 Å². The predicted octanol–water partition coefficient (Wildman–Crippen LogP) is 3.12. The molecule has 3 aromatic rings. The first-order valence-corrected chi connectivity index (χ1v) is 11.0. The zero-order valence-corrected chi connectivity index (χ0v) is 17.4. The van der Waals surface area contributed by atoms with Gasteiger partial charge in [0.1, 0.15) is 5.75 Å². The van der Waals surface area contributed by atoms with Gasteiger partial charge >= 0.3 is 0 Å². The molecular weight excluding hydrogens is 386 g/mol. The van der Waals surface area contributed by atoms with Crippen LogP contribution in [0.1, 0.15) is 0 Å². The van der Waals surface area contributed by atoms with Crippen LogP contribution in [0.4, 0.5) is 11.4 Å². The Balaban J connectivity index is 1.62. The van der Waals surface area contributed by atoms with Crippen molar-refractivity contribution in [2.45, 2.75) is 4.90 Å². The second-order valence-electron chi connectivity index (χ2n) is 7.43. The van der Waals surface area contributed by atoms with Gasteiger partial charge in [-0.25, -0.2) is 8.42 Å². The van der Waals surface area contributed by atoms with Crippen LogP contribution in [-0.4, -0.2) is 58.1 Å². The van der Waals surface area contributed by atoms with Crippen molar-refractivity contribution in [1.29, 1.82) is 0 Å². The van der Waals surface area contributed by atoms with Crippen molar-refractivity contribution in [3.05, 3.63) is 60.7 Å². The molecule has 0 atom stereocenters. The summed E-state index contributed by atoms with van der Waals surface area (Å²) in [5.41, 5.74) is 1.90. The van der Waals surface area contributed by atoms with Gasteiger partial charge in [0.15, 0.2) is 0 Å². The highest BCUT2D eigenvalue weighted by Gasteiger charge is 2.30. The van der Waals surface area contributed by atoms with Crippen LogP contribution in [0.2, 0.25) is 0 Å². The number of piperazine rings is 1. The van der Waals surface area contributed by atoms with Crippen LogP contribution < -0.4 is 9.80 Å². The quantitative estimate of drug-likeness (QED) is 0.715. The van der Waals surface area contributed by atoms with Crippen LogP contribution in [-0.2, 0) is 10.0 Å². The zero-order chi connectivity index (χ0) is 20.6. The molecule has 0 aromatic heterocycles. The maximum absolute atomic E-state index is 13.4. The summed E-state index contributed by atoms with van der Waals surface area (Å²) < 4.78 is 28.4. The Kier molecular flexibility index (Phi) is 5.10. The fraction of sp³-hybridized carbons (Fsp3) is 0.273. The Morgan fingerprint density at radius 3 is 2.21 bits per heavy atom. The molecule has 1 heterocycles. The summed E-state index contributed by atoms with van der Waals surface area (Å²) in [6, 6.07) is 18.3. The molecule has 0 aliphatic carbocycles. The molecule has 0 amide bonds. The minimum atomic E-state index is -3.61. The van der Waals surface area contributed by atoms with Crippen molar-refractivity contribution in [2.75, 3.05) is 50.1 Å². The first-order chi connectivity index (χ1) is 13.9. The third kappa shape index (κ3) is 3.63. The summed E-state index contributed by atoms with van der Waals surface area (Å²) in [5, 5.41) is 11.4. The number of aromatic hydroxyl groups is 1. The van der Waals surface area contributed by atoms with Crippen LogP contribution in [0.3, 0.4) is 0 Å². The van der Waals surface area contributed by atoms with E-state index in [4.69, 9.17) is 0 Å². The number of nitrogens with zero attached hydrogens (tertiary/aromatic N) is 3. The van der Waals surface area contributed by atoms with Crippen molar-refractivity contribution >= 4 is 32.2 Å². The number of anilines is 2. The van der Waals surface area contributed by atoms with Crippen molar-refractivity contribution in [3.8, 4) is 5.75 Å². The second-order valence-corrected chi connectivity index (χ2v) is 9.34. The van der Waals surface area contributed by atoms with Gasteiger partial charge in [0.25, 0.3) is 0 Å². The van der Waals surface area contributed by atoms with Crippen LogP contribution in [0.15, 0.2) is 65.6 Å². The minimum Gasteiger partial charge on any atom is -0.508 e. The molecule has 0 saturated carbocycles.